The van der Waals surface area contributed by atoms with E-state index in [0.29, 0.717) is 0 Å². The Labute approximate surface area is 118 Å². The molecule has 0 saturated carbocycles. The number of piperidine rings is 1. The molecule has 0 aliphatic carbocycles. The van der Waals surface area contributed by atoms with Crippen molar-refractivity contribution in [2.75, 3.05) is 13.1 Å². The number of hydrogen-bond donors (Lipinski definition) is 0. The predicted octanol–water partition coefficient (Wildman–Crippen LogP) is 3.70. The molecule has 0 N–H and O–H groups in total. The van der Waals surface area contributed by atoms with Crippen LogP contribution in [0.15, 0.2) is 18.3 Å². The molecule has 2 heterocycles. The van der Waals surface area contributed by atoms with Crippen molar-refractivity contribution in [3.63, 3.8) is 0 Å². The molecule has 1 aliphatic rings. The first-order valence-corrected chi connectivity index (χ1v) is 7.90. The minimum Gasteiger partial charge on any atom is -0.300 e. The second kappa shape index (κ2) is 7.04. The number of rotatable bonds is 5. The van der Waals surface area contributed by atoms with Crippen LogP contribution in [-0.2, 0) is 12.8 Å². The quantitative estimate of drug-likeness (QED) is 0.802. The Hall–Kier alpha value is -0.890. The van der Waals surface area contributed by atoms with Gasteiger partial charge in [-0.2, -0.15) is 0 Å². The van der Waals surface area contributed by atoms with Gasteiger partial charge in [0.2, 0.25) is 0 Å². The smallest absolute Gasteiger partial charge is 0.0416 e. The molecule has 2 heteroatoms. The van der Waals surface area contributed by atoms with Crippen LogP contribution in [0, 0.1) is 5.92 Å². The van der Waals surface area contributed by atoms with E-state index >= 15 is 0 Å². The number of nitrogens with zero attached hydrogens (tertiary/aromatic N) is 2. The minimum absolute atomic E-state index is 0.748. The van der Waals surface area contributed by atoms with Crippen molar-refractivity contribution in [3.05, 3.63) is 29.6 Å². The fourth-order valence-corrected chi connectivity index (χ4v) is 2.98. The van der Waals surface area contributed by atoms with Gasteiger partial charge in [0.1, 0.15) is 0 Å². The maximum Gasteiger partial charge on any atom is 0.0416 e. The van der Waals surface area contributed by atoms with Gasteiger partial charge in [-0.15, -0.1) is 0 Å². The van der Waals surface area contributed by atoms with Crippen LogP contribution in [-0.4, -0.2) is 29.0 Å². The Morgan fingerprint density at radius 3 is 2.74 bits per heavy atom. The highest BCUT2D eigenvalue weighted by atomic mass is 15.2. The van der Waals surface area contributed by atoms with Crippen molar-refractivity contribution in [1.82, 2.24) is 9.88 Å². The molecule has 0 aromatic carbocycles. The van der Waals surface area contributed by atoms with Crippen LogP contribution >= 0.6 is 0 Å². The van der Waals surface area contributed by atoms with Gasteiger partial charge < -0.3 is 4.90 Å². The molecular formula is C17H28N2. The van der Waals surface area contributed by atoms with Crippen LogP contribution in [0.1, 0.15) is 51.3 Å². The molecule has 1 fully saturated rings. The second-order valence-corrected chi connectivity index (χ2v) is 5.96. The zero-order valence-corrected chi connectivity index (χ0v) is 12.7. The number of pyridine rings is 1. The third kappa shape index (κ3) is 4.04. The van der Waals surface area contributed by atoms with Crippen molar-refractivity contribution in [2.24, 2.45) is 5.92 Å². The molecule has 2 atom stereocenters. The molecule has 1 aliphatic heterocycles. The van der Waals surface area contributed by atoms with Crippen molar-refractivity contribution >= 4 is 0 Å². The highest BCUT2D eigenvalue weighted by Crippen LogP contribution is 2.23. The first kappa shape index (κ1) is 14.5. The zero-order valence-electron chi connectivity index (χ0n) is 12.7. The monoisotopic (exact) mass is 260 g/mol. The number of hydrogen-bond acceptors (Lipinski definition) is 2. The second-order valence-electron chi connectivity index (χ2n) is 5.96. The molecule has 0 spiro atoms. The average molecular weight is 260 g/mol. The van der Waals surface area contributed by atoms with Gasteiger partial charge in [0, 0.05) is 37.4 Å². The molecule has 1 aromatic rings. The van der Waals surface area contributed by atoms with Gasteiger partial charge in [-0.25, -0.2) is 0 Å². The fraction of sp³-hybridized carbons (Fsp3) is 0.706. The number of aromatic nitrogens is 1. The lowest BCUT2D eigenvalue weighted by Gasteiger charge is -2.37. The lowest BCUT2D eigenvalue weighted by molar-refractivity contribution is 0.117. The van der Waals surface area contributed by atoms with Gasteiger partial charge in [-0.3, -0.25) is 4.98 Å². The molecule has 0 unspecified atom stereocenters. The maximum atomic E-state index is 4.57. The summed E-state index contributed by atoms with van der Waals surface area (Å²) in [7, 11) is 0. The summed E-state index contributed by atoms with van der Waals surface area (Å²) in [5.41, 5.74) is 2.57. The molecule has 2 rings (SSSR count). The van der Waals surface area contributed by atoms with Gasteiger partial charge >= 0.3 is 0 Å². The Morgan fingerprint density at radius 1 is 1.26 bits per heavy atom. The summed E-state index contributed by atoms with van der Waals surface area (Å²) in [6.07, 6.45) is 8.30. The van der Waals surface area contributed by atoms with E-state index in [1.54, 1.807) is 0 Å². The Bertz CT molecular complexity index is 371. The van der Waals surface area contributed by atoms with Crippen LogP contribution in [0.3, 0.4) is 0 Å². The summed E-state index contributed by atoms with van der Waals surface area (Å²) < 4.78 is 0. The first-order valence-electron chi connectivity index (χ1n) is 7.90. The SMILES string of the molecule is CCc1ccc(CCN2C[C@@H](CC)CC[C@@H]2C)nc1. The molecule has 1 aromatic heterocycles. The van der Waals surface area contributed by atoms with E-state index in [-0.39, 0.29) is 0 Å². The van der Waals surface area contributed by atoms with Crippen LogP contribution in [0.4, 0.5) is 0 Å². The number of aryl methyl sites for hydroxylation is 1. The lowest BCUT2D eigenvalue weighted by atomic mass is 9.91. The predicted molar refractivity (Wildman–Crippen MR) is 81.4 cm³/mol. The van der Waals surface area contributed by atoms with E-state index in [4.69, 9.17) is 0 Å². The standard InChI is InChI=1S/C17H28N2/c1-4-15-8-9-17(18-12-15)10-11-19-13-16(5-2)7-6-14(19)3/h8-9,12,14,16H,4-7,10-11,13H2,1-3H3/t14-,16-/m0/s1. The summed E-state index contributed by atoms with van der Waals surface area (Å²) in [6, 6.07) is 5.17. The summed E-state index contributed by atoms with van der Waals surface area (Å²) in [4.78, 5) is 7.23. The zero-order chi connectivity index (χ0) is 13.7. The molecule has 106 valence electrons. The van der Waals surface area contributed by atoms with Gasteiger partial charge in [-0.05, 0) is 43.7 Å². The molecule has 1 saturated heterocycles. The van der Waals surface area contributed by atoms with E-state index in [0.717, 1.165) is 31.3 Å². The van der Waals surface area contributed by atoms with Crippen molar-refractivity contribution in [1.29, 1.82) is 0 Å². The Kier molecular flexibility index (Phi) is 5.38. The summed E-state index contributed by atoms with van der Waals surface area (Å²) in [6.45, 7) is 9.32. The topological polar surface area (TPSA) is 16.1 Å². The molecule has 2 nitrogen and oxygen atoms in total. The molecule has 0 bridgehead atoms. The highest BCUT2D eigenvalue weighted by Gasteiger charge is 2.23. The third-order valence-electron chi connectivity index (χ3n) is 4.64. The van der Waals surface area contributed by atoms with Crippen molar-refractivity contribution in [2.45, 2.75) is 58.9 Å². The third-order valence-corrected chi connectivity index (χ3v) is 4.64. The van der Waals surface area contributed by atoms with Crippen molar-refractivity contribution < 1.29 is 0 Å². The van der Waals surface area contributed by atoms with E-state index in [9.17, 15) is 0 Å². The molecule has 0 amide bonds. The van der Waals surface area contributed by atoms with E-state index in [1.165, 1.54) is 37.1 Å². The fourth-order valence-electron chi connectivity index (χ4n) is 2.98. The van der Waals surface area contributed by atoms with Crippen LogP contribution < -0.4 is 0 Å². The Morgan fingerprint density at radius 2 is 2.11 bits per heavy atom. The average Bonchev–Trinajstić information content (AvgIpc) is 2.47. The van der Waals surface area contributed by atoms with Gasteiger partial charge in [0.05, 0.1) is 0 Å². The molecule has 19 heavy (non-hydrogen) atoms. The van der Waals surface area contributed by atoms with Crippen LogP contribution in [0.2, 0.25) is 0 Å². The first-order chi connectivity index (χ1) is 9.22. The highest BCUT2D eigenvalue weighted by molar-refractivity contribution is 5.14. The minimum atomic E-state index is 0.748. The van der Waals surface area contributed by atoms with Gasteiger partial charge in [0.25, 0.3) is 0 Å². The van der Waals surface area contributed by atoms with E-state index in [2.05, 4.69) is 42.8 Å². The molecule has 0 radical (unpaired) electrons. The summed E-state index contributed by atoms with van der Waals surface area (Å²) in [5, 5.41) is 0. The maximum absolute atomic E-state index is 4.57. The van der Waals surface area contributed by atoms with Gasteiger partial charge in [-0.1, -0.05) is 26.3 Å². The number of likely N-dealkylation sites (tertiary alicyclic amines) is 1. The van der Waals surface area contributed by atoms with E-state index in [1.807, 2.05) is 6.20 Å². The molecular weight excluding hydrogens is 232 g/mol. The van der Waals surface area contributed by atoms with Crippen molar-refractivity contribution in [3.8, 4) is 0 Å². The van der Waals surface area contributed by atoms with Gasteiger partial charge in [0.15, 0.2) is 0 Å². The van der Waals surface area contributed by atoms with Crippen LogP contribution in [0.5, 0.6) is 0 Å². The summed E-state index contributed by atoms with van der Waals surface area (Å²) >= 11 is 0. The van der Waals surface area contributed by atoms with Crippen LogP contribution in [0.25, 0.3) is 0 Å². The summed E-state index contributed by atoms with van der Waals surface area (Å²) in [5.74, 6) is 0.909. The van der Waals surface area contributed by atoms with E-state index < -0.39 is 0 Å². The Balaban J connectivity index is 1.85. The largest absolute Gasteiger partial charge is 0.300 e. The normalized spacial score (nSPS) is 24.6. The lowest BCUT2D eigenvalue weighted by Crippen LogP contribution is -2.42.